The van der Waals surface area contributed by atoms with Crippen molar-refractivity contribution in [3.8, 4) is 0 Å². The van der Waals surface area contributed by atoms with E-state index < -0.39 is 0 Å². The Labute approximate surface area is 81.4 Å². The average molecular weight is 318 g/mol. The van der Waals surface area contributed by atoms with Crippen LogP contribution in [0, 0.1) is 0 Å². The number of rotatable bonds is 0. The normalized spacial score (nSPS) is 0. The summed E-state index contributed by atoms with van der Waals surface area (Å²) in [6, 6.07) is 0. The first-order valence-electron chi connectivity index (χ1n) is 0. The third-order valence-corrected chi connectivity index (χ3v) is 0. The summed E-state index contributed by atoms with van der Waals surface area (Å²) in [6.07, 6.45) is 0. The van der Waals surface area contributed by atoms with Crippen LogP contribution in [0.4, 0.5) is 0 Å². The molecule has 4 heavy (non-hydrogen) atoms. The van der Waals surface area contributed by atoms with Crippen LogP contribution in [0.15, 0.2) is 0 Å². The topological polar surface area (TPSA) is 0 Å². The van der Waals surface area contributed by atoms with Gasteiger partial charge in [0.2, 0.25) is 0 Å². The quantitative estimate of drug-likeness (QED) is 0.551. The van der Waals surface area contributed by atoms with Gasteiger partial charge in [-0.2, -0.15) is 0 Å². The summed E-state index contributed by atoms with van der Waals surface area (Å²) in [4.78, 5) is 0. The summed E-state index contributed by atoms with van der Waals surface area (Å²) >= 11 is 0. The smallest absolute Gasteiger partial charge is 2.00 e. The van der Waals surface area contributed by atoms with Crippen LogP contribution in [0.2, 0.25) is 0 Å². The molecule has 0 aliphatic rings. The predicted octanol–water partition coefficient (Wildman–Crippen LogP) is -0.00990. The van der Waals surface area contributed by atoms with Crippen LogP contribution in [0.1, 0.15) is 0 Å². The van der Waals surface area contributed by atoms with Gasteiger partial charge < -0.3 is 13.5 Å². The van der Waals surface area contributed by atoms with Gasteiger partial charge in [-0.1, -0.05) is 0 Å². The van der Waals surface area contributed by atoms with Crippen molar-refractivity contribution in [3.63, 3.8) is 0 Å². The van der Waals surface area contributed by atoms with Crippen molar-refractivity contribution in [1.29, 1.82) is 0 Å². The first-order valence-corrected chi connectivity index (χ1v) is 0. The van der Waals surface area contributed by atoms with Crippen molar-refractivity contribution >= 4 is 13.5 Å². The summed E-state index contributed by atoms with van der Waals surface area (Å²) in [5.74, 6) is 0. The van der Waals surface area contributed by atoms with E-state index in [0.29, 0.717) is 0 Å². The van der Waals surface area contributed by atoms with Crippen molar-refractivity contribution in [2.45, 2.75) is 0 Å². The molecule has 0 aromatic rings. The maximum Gasteiger partial charge on any atom is 2.00 e. The molecule has 0 spiro atoms. The molecule has 0 unspecified atom stereocenters. The van der Waals surface area contributed by atoms with Crippen molar-refractivity contribution < 1.29 is 69.2 Å². The van der Waals surface area contributed by atoms with Gasteiger partial charge in [0.15, 0.2) is 0 Å². The van der Waals surface area contributed by atoms with Crippen LogP contribution in [0.5, 0.6) is 0 Å². The third kappa shape index (κ3) is 8.82. The van der Waals surface area contributed by atoms with Gasteiger partial charge in [-0.05, 0) is 0 Å². The first-order chi connectivity index (χ1) is 0. The monoisotopic (exact) mass is 317 g/mol. The Morgan fingerprint density at radius 3 is 1.00 bits per heavy atom. The molecule has 0 rings (SSSR count). The molecule has 4 heteroatoms. The van der Waals surface area contributed by atoms with E-state index in [4.69, 9.17) is 0 Å². The molecule has 0 bridgehead atoms. The van der Waals surface area contributed by atoms with E-state index in [2.05, 4.69) is 0 Å². The zero-order chi connectivity index (χ0) is 0. The zero-order valence-corrected chi connectivity index (χ0v) is 11.4. The second kappa shape index (κ2) is 17.4. The fraction of sp³-hybridized carbons (Fsp3) is 0. The summed E-state index contributed by atoms with van der Waals surface area (Å²) in [6.45, 7) is 0. The van der Waals surface area contributed by atoms with E-state index in [9.17, 15) is 0 Å². The average Bonchev–Trinajstić information content (AvgIpc) is 0. The van der Waals surface area contributed by atoms with E-state index in [-0.39, 0.29) is 82.7 Å². The van der Waals surface area contributed by atoms with E-state index in [1.54, 1.807) is 0 Å². The molecular weight excluding hydrogens is 318 g/mol. The first kappa shape index (κ1) is 30.3. The molecule has 0 aliphatic heterocycles. The molecule has 0 saturated carbocycles. The zero-order valence-electron chi connectivity index (χ0n) is 2.12. The molecule has 0 heterocycles. The van der Waals surface area contributed by atoms with Crippen molar-refractivity contribution in [2.24, 2.45) is 0 Å². The van der Waals surface area contributed by atoms with E-state index >= 15 is 0 Å². The van der Waals surface area contributed by atoms with Crippen LogP contribution in [0.3, 0.4) is 0 Å². The summed E-state index contributed by atoms with van der Waals surface area (Å²) in [5.41, 5.74) is 0. The van der Waals surface area contributed by atoms with Gasteiger partial charge >= 0.3 is 69.2 Å². The second-order valence-corrected chi connectivity index (χ2v) is 0. The molecular formula is AgCdSZn+3. The minimum Gasteiger partial charge on any atom is -2.00 e. The SMILES string of the molecule is [Ag+].[Cd+2].[S-2].[Zn+2]. The fourth-order valence-corrected chi connectivity index (χ4v) is 0. The molecule has 0 fully saturated rings. The Balaban J connectivity index is 0. The van der Waals surface area contributed by atoms with E-state index in [0.717, 1.165) is 0 Å². The van der Waals surface area contributed by atoms with Crippen LogP contribution in [0.25, 0.3) is 0 Å². The molecule has 0 amide bonds. The molecule has 18 valence electrons. The maximum absolute atomic E-state index is 0. The third-order valence-electron chi connectivity index (χ3n) is 0. The predicted molar refractivity (Wildman–Crippen MR) is 7.37 cm³/mol. The Hall–Kier alpha value is 2.64. The minimum absolute atomic E-state index is 0. The largest absolute Gasteiger partial charge is 2.00 e. The van der Waals surface area contributed by atoms with Crippen molar-refractivity contribution in [2.75, 3.05) is 0 Å². The molecule has 0 saturated heterocycles. The Morgan fingerprint density at radius 1 is 1.00 bits per heavy atom. The van der Waals surface area contributed by atoms with Gasteiger partial charge in [0, 0.05) is 0 Å². The van der Waals surface area contributed by atoms with Crippen LogP contribution < -0.4 is 0 Å². The number of hydrogen-bond acceptors (Lipinski definition) is 0. The molecule has 0 nitrogen and oxygen atoms in total. The van der Waals surface area contributed by atoms with Gasteiger partial charge in [-0.15, -0.1) is 0 Å². The minimum atomic E-state index is 0. The van der Waals surface area contributed by atoms with Gasteiger partial charge in [0.05, 0.1) is 0 Å². The molecule has 0 atom stereocenters. The second-order valence-electron chi connectivity index (χ2n) is 0. The van der Waals surface area contributed by atoms with E-state index in [1.165, 1.54) is 0 Å². The van der Waals surface area contributed by atoms with Crippen LogP contribution >= 0.6 is 0 Å². The Kier molecular flexibility index (Phi) is 132. The Morgan fingerprint density at radius 2 is 1.00 bits per heavy atom. The fourth-order valence-electron chi connectivity index (χ4n) is 0. The number of hydrogen-bond donors (Lipinski definition) is 0. The summed E-state index contributed by atoms with van der Waals surface area (Å²) in [7, 11) is 0. The molecule has 0 aromatic carbocycles. The van der Waals surface area contributed by atoms with E-state index in [1.807, 2.05) is 0 Å². The van der Waals surface area contributed by atoms with Gasteiger partial charge in [0.1, 0.15) is 0 Å². The summed E-state index contributed by atoms with van der Waals surface area (Å²) in [5, 5.41) is 0. The Bertz CT molecular complexity index is 8.00. The van der Waals surface area contributed by atoms with Gasteiger partial charge in [-0.25, -0.2) is 0 Å². The van der Waals surface area contributed by atoms with Crippen molar-refractivity contribution in [1.82, 2.24) is 0 Å². The standard InChI is InChI=1S/Ag.Cd.S.Zn/q+1;+2;-2;+2. The van der Waals surface area contributed by atoms with Gasteiger partial charge in [0.25, 0.3) is 0 Å². The van der Waals surface area contributed by atoms with Crippen LogP contribution in [-0.2, 0) is 82.7 Å². The maximum atomic E-state index is 0. The van der Waals surface area contributed by atoms with Gasteiger partial charge in [-0.3, -0.25) is 0 Å². The summed E-state index contributed by atoms with van der Waals surface area (Å²) < 4.78 is 0. The molecule has 0 aromatic heterocycles. The van der Waals surface area contributed by atoms with Crippen LogP contribution in [-0.4, -0.2) is 0 Å². The van der Waals surface area contributed by atoms with Crippen molar-refractivity contribution in [3.05, 3.63) is 0 Å². The molecule has 0 N–H and O–H groups in total. The molecule has 0 aliphatic carbocycles. The molecule has 0 radical (unpaired) electrons.